The van der Waals surface area contributed by atoms with Gasteiger partial charge in [0.05, 0.1) is 0 Å². The highest BCUT2D eigenvalue weighted by molar-refractivity contribution is 6.31. The van der Waals surface area contributed by atoms with Gasteiger partial charge in [-0.05, 0) is 35.8 Å². The average Bonchev–Trinajstić information content (AvgIpc) is 3.03. The molecular formula is C17H18ClN5O2. The summed E-state index contributed by atoms with van der Waals surface area (Å²) in [6.07, 6.45) is 0. The molecule has 0 radical (unpaired) electrons. The van der Waals surface area contributed by atoms with Crippen LogP contribution in [0, 0.1) is 6.92 Å². The van der Waals surface area contributed by atoms with Gasteiger partial charge in [0.2, 0.25) is 0 Å². The molecule has 2 aromatic carbocycles. The Balaban J connectivity index is 1.72. The Hall–Kier alpha value is -2.90. The Kier molecular flexibility index (Phi) is 5.27. The first kappa shape index (κ1) is 16.9. The molecule has 0 spiro atoms. The lowest BCUT2D eigenvalue weighted by molar-refractivity contribution is 0.0460. The molecule has 1 aliphatic heterocycles. The standard InChI is InChI=1S/C17H18ClN5O2/c1-11-6-8-13(9-7-11)20-17(15-16(19)22-25-21-15)23-24-10-12-4-2-3-5-14(12)18/h2-9,20-21,23H,10H2,1H3,(H2,19,22). The number of nitrogens with two attached hydrogens (primary N) is 1. The van der Waals surface area contributed by atoms with Crippen LogP contribution in [-0.2, 0) is 16.4 Å². The van der Waals surface area contributed by atoms with E-state index >= 15 is 0 Å². The summed E-state index contributed by atoms with van der Waals surface area (Å²) in [4.78, 5) is 10.3. The molecule has 1 heterocycles. The van der Waals surface area contributed by atoms with Crippen molar-refractivity contribution in [3.8, 4) is 0 Å². The van der Waals surface area contributed by atoms with Crippen molar-refractivity contribution in [2.45, 2.75) is 13.5 Å². The first-order valence-electron chi connectivity index (χ1n) is 7.58. The van der Waals surface area contributed by atoms with Gasteiger partial charge in [0, 0.05) is 10.7 Å². The second kappa shape index (κ2) is 7.78. The second-order valence-electron chi connectivity index (χ2n) is 5.39. The maximum Gasteiger partial charge on any atom is 0.196 e. The van der Waals surface area contributed by atoms with Crippen molar-refractivity contribution in [1.82, 2.24) is 11.0 Å². The molecule has 7 nitrogen and oxygen atoms in total. The first-order valence-corrected chi connectivity index (χ1v) is 7.96. The summed E-state index contributed by atoms with van der Waals surface area (Å²) in [6.45, 7) is 2.29. The van der Waals surface area contributed by atoms with Gasteiger partial charge in [-0.3, -0.25) is 9.78 Å². The summed E-state index contributed by atoms with van der Waals surface area (Å²) >= 11 is 6.13. The van der Waals surface area contributed by atoms with Crippen molar-refractivity contribution in [2.24, 2.45) is 10.9 Å². The third kappa shape index (κ3) is 4.34. The molecule has 25 heavy (non-hydrogen) atoms. The fourth-order valence-electron chi connectivity index (χ4n) is 2.12. The Morgan fingerprint density at radius 3 is 2.68 bits per heavy atom. The van der Waals surface area contributed by atoms with Crippen molar-refractivity contribution in [3.63, 3.8) is 0 Å². The molecule has 2 aromatic rings. The molecule has 8 heteroatoms. The van der Waals surface area contributed by atoms with Crippen LogP contribution >= 0.6 is 11.6 Å². The van der Waals surface area contributed by atoms with E-state index in [9.17, 15) is 0 Å². The van der Waals surface area contributed by atoms with E-state index in [4.69, 9.17) is 27.1 Å². The van der Waals surface area contributed by atoms with Gasteiger partial charge in [-0.2, -0.15) is 5.48 Å². The van der Waals surface area contributed by atoms with E-state index in [-0.39, 0.29) is 12.4 Å². The molecule has 0 aromatic heterocycles. The number of nitrogens with one attached hydrogen (secondary N) is 3. The summed E-state index contributed by atoms with van der Waals surface area (Å²) in [6, 6.07) is 15.3. The summed E-state index contributed by atoms with van der Waals surface area (Å²) in [5.74, 6) is 0.665. The molecule has 0 atom stereocenters. The van der Waals surface area contributed by atoms with Crippen LogP contribution in [0.15, 0.2) is 65.2 Å². The molecule has 0 saturated carbocycles. The average molecular weight is 360 g/mol. The minimum Gasteiger partial charge on any atom is -0.379 e. The molecule has 0 amide bonds. The number of oxime groups is 1. The predicted octanol–water partition coefficient (Wildman–Crippen LogP) is 2.76. The number of anilines is 1. The summed E-state index contributed by atoms with van der Waals surface area (Å²) in [7, 11) is 0. The SMILES string of the molecule is Cc1ccc(NC(NOCc2ccccc2Cl)=C2NON=C2N)cc1. The number of amidine groups is 1. The van der Waals surface area contributed by atoms with Crippen molar-refractivity contribution in [1.29, 1.82) is 0 Å². The molecule has 0 bridgehead atoms. The van der Waals surface area contributed by atoms with Gasteiger partial charge in [-0.1, -0.05) is 47.5 Å². The number of rotatable bonds is 6. The Morgan fingerprint density at radius 1 is 1.24 bits per heavy atom. The zero-order valence-electron chi connectivity index (χ0n) is 13.5. The predicted molar refractivity (Wildman–Crippen MR) is 97.0 cm³/mol. The van der Waals surface area contributed by atoms with E-state index in [2.05, 4.69) is 21.4 Å². The number of benzene rings is 2. The van der Waals surface area contributed by atoms with Crippen LogP contribution < -0.4 is 22.0 Å². The highest BCUT2D eigenvalue weighted by atomic mass is 35.5. The molecule has 0 fully saturated rings. The monoisotopic (exact) mass is 359 g/mol. The van der Waals surface area contributed by atoms with Crippen LogP contribution in [0.3, 0.4) is 0 Å². The molecule has 0 aliphatic carbocycles. The highest BCUT2D eigenvalue weighted by Gasteiger charge is 2.18. The molecule has 0 unspecified atom stereocenters. The zero-order valence-corrected chi connectivity index (χ0v) is 14.3. The normalized spacial score (nSPS) is 15.0. The van der Waals surface area contributed by atoms with E-state index < -0.39 is 0 Å². The Bertz CT molecular complexity index is 805. The largest absolute Gasteiger partial charge is 0.379 e. The van der Waals surface area contributed by atoms with E-state index in [1.165, 1.54) is 0 Å². The number of nitrogens with zero attached hydrogens (tertiary/aromatic N) is 1. The van der Waals surface area contributed by atoms with E-state index in [0.717, 1.165) is 16.8 Å². The van der Waals surface area contributed by atoms with Crippen LogP contribution in [0.25, 0.3) is 0 Å². The van der Waals surface area contributed by atoms with Gasteiger partial charge in [0.15, 0.2) is 17.4 Å². The Morgan fingerprint density at radius 2 is 2.00 bits per heavy atom. The van der Waals surface area contributed by atoms with Gasteiger partial charge in [-0.25, -0.2) is 5.48 Å². The van der Waals surface area contributed by atoms with Crippen molar-refractivity contribution in [2.75, 3.05) is 5.32 Å². The van der Waals surface area contributed by atoms with E-state index in [1.807, 2.05) is 49.4 Å². The maximum absolute atomic E-state index is 6.13. The van der Waals surface area contributed by atoms with Crippen LogP contribution in [0.4, 0.5) is 5.69 Å². The Labute approximate surface area is 150 Å². The van der Waals surface area contributed by atoms with Crippen LogP contribution in [0.2, 0.25) is 5.02 Å². The summed E-state index contributed by atoms with van der Waals surface area (Å²) < 4.78 is 0. The molecule has 1 aliphatic rings. The van der Waals surface area contributed by atoms with Gasteiger partial charge in [0.1, 0.15) is 6.61 Å². The summed E-state index contributed by atoms with van der Waals surface area (Å²) in [5, 5.41) is 7.46. The third-order valence-corrected chi connectivity index (χ3v) is 3.85. The number of hydrogen-bond donors (Lipinski definition) is 4. The van der Waals surface area contributed by atoms with Crippen LogP contribution in [-0.4, -0.2) is 5.84 Å². The lowest BCUT2D eigenvalue weighted by Crippen LogP contribution is -2.30. The molecule has 0 saturated heterocycles. The zero-order chi connectivity index (χ0) is 17.6. The fraction of sp³-hybridized carbons (Fsp3) is 0.118. The summed E-state index contributed by atoms with van der Waals surface area (Å²) in [5.41, 5.74) is 14.6. The number of halogens is 1. The quantitative estimate of drug-likeness (QED) is 0.593. The third-order valence-electron chi connectivity index (χ3n) is 3.48. The lowest BCUT2D eigenvalue weighted by Gasteiger charge is -2.16. The fourth-order valence-corrected chi connectivity index (χ4v) is 2.31. The maximum atomic E-state index is 6.13. The van der Waals surface area contributed by atoms with Crippen molar-refractivity contribution < 1.29 is 9.78 Å². The molecule has 130 valence electrons. The van der Waals surface area contributed by atoms with Crippen molar-refractivity contribution >= 4 is 23.1 Å². The van der Waals surface area contributed by atoms with Gasteiger partial charge in [-0.15, -0.1) is 0 Å². The first-order chi connectivity index (χ1) is 12.1. The number of hydroxylamine groups is 2. The van der Waals surface area contributed by atoms with Gasteiger partial charge in [0.25, 0.3) is 0 Å². The minimum atomic E-state index is 0.198. The van der Waals surface area contributed by atoms with Crippen LogP contribution in [0.5, 0.6) is 0 Å². The number of aryl methyl sites for hydroxylation is 1. The topological polar surface area (TPSA) is 92.9 Å². The van der Waals surface area contributed by atoms with Gasteiger partial charge >= 0.3 is 0 Å². The number of hydrogen-bond acceptors (Lipinski definition) is 7. The molecule has 3 rings (SSSR count). The van der Waals surface area contributed by atoms with Crippen LogP contribution in [0.1, 0.15) is 11.1 Å². The van der Waals surface area contributed by atoms with E-state index in [0.29, 0.717) is 16.5 Å². The lowest BCUT2D eigenvalue weighted by atomic mass is 10.2. The van der Waals surface area contributed by atoms with E-state index in [1.54, 1.807) is 6.07 Å². The minimum absolute atomic E-state index is 0.198. The van der Waals surface area contributed by atoms with Gasteiger partial charge < -0.3 is 11.1 Å². The molecular weight excluding hydrogens is 342 g/mol. The smallest absolute Gasteiger partial charge is 0.196 e. The highest BCUT2D eigenvalue weighted by Crippen LogP contribution is 2.17. The molecule has 5 N–H and O–H groups in total. The van der Waals surface area contributed by atoms with Crippen molar-refractivity contribution in [3.05, 3.63) is 76.2 Å². The second-order valence-corrected chi connectivity index (χ2v) is 5.80.